The third-order valence-corrected chi connectivity index (χ3v) is 5.82. The SMILES string of the molecule is CCOc1nc2c(c(C)nn2-c2ccccc2)c(C)c1CCC(=O)NCc1ccc(C)cc1. The van der Waals surface area contributed by atoms with E-state index in [1.165, 1.54) is 5.56 Å². The number of benzene rings is 2. The number of pyridine rings is 1. The van der Waals surface area contributed by atoms with Crippen LogP contribution in [0.1, 0.15) is 41.3 Å². The van der Waals surface area contributed by atoms with Gasteiger partial charge in [0.05, 0.1) is 18.0 Å². The van der Waals surface area contributed by atoms with E-state index < -0.39 is 0 Å². The smallest absolute Gasteiger partial charge is 0.220 e. The molecular formula is C27H30N4O2. The molecule has 6 nitrogen and oxygen atoms in total. The minimum absolute atomic E-state index is 0.00854. The molecule has 2 aromatic heterocycles. The molecule has 2 heterocycles. The van der Waals surface area contributed by atoms with E-state index in [1.54, 1.807) is 0 Å². The number of nitrogens with zero attached hydrogens (tertiary/aromatic N) is 3. The average Bonchev–Trinajstić information content (AvgIpc) is 3.15. The summed E-state index contributed by atoms with van der Waals surface area (Å²) >= 11 is 0. The quantitative estimate of drug-likeness (QED) is 0.417. The summed E-state index contributed by atoms with van der Waals surface area (Å²) < 4.78 is 7.77. The zero-order valence-corrected chi connectivity index (χ0v) is 19.7. The van der Waals surface area contributed by atoms with Gasteiger partial charge in [0, 0.05) is 23.9 Å². The fourth-order valence-corrected chi connectivity index (χ4v) is 4.07. The first-order valence-corrected chi connectivity index (χ1v) is 11.4. The number of nitrogens with one attached hydrogen (secondary N) is 1. The number of fused-ring (bicyclic) bond motifs is 1. The minimum atomic E-state index is 0.00854. The maximum absolute atomic E-state index is 12.6. The van der Waals surface area contributed by atoms with E-state index in [4.69, 9.17) is 14.8 Å². The number of hydrogen-bond acceptors (Lipinski definition) is 4. The summed E-state index contributed by atoms with van der Waals surface area (Å²) in [5.41, 5.74) is 6.96. The van der Waals surface area contributed by atoms with Crippen molar-refractivity contribution in [3.63, 3.8) is 0 Å². The molecule has 0 fully saturated rings. The van der Waals surface area contributed by atoms with E-state index in [9.17, 15) is 4.79 Å². The van der Waals surface area contributed by atoms with Gasteiger partial charge in [0.2, 0.25) is 11.8 Å². The van der Waals surface area contributed by atoms with Crippen LogP contribution in [0.2, 0.25) is 0 Å². The van der Waals surface area contributed by atoms with Gasteiger partial charge in [0.15, 0.2) is 5.65 Å². The number of ether oxygens (including phenoxy) is 1. The lowest BCUT2D eigenvalue weighted by Gasteiger charge is -2.14. The summed E-state index contributed by atoms with van der Waals surface area (Å²) in [6, 6.07) is 18.2. The van der Waals surface area contributed by atoms with Crippen molar-refractivity contribution < 1.29 is 9.53 Å². The van der Waals surface area contributed by atoms with Crippen LogP contribution in [0.25, 0.3) is 16.7 Å². The molecule has 1 N–H and O–H groups in total. The van der Waals surface area contributed by atoms with Crippen molar-refractivity contribution in [1.29, 1.82) is 0 Å². The van der Waals surface area contributed by atoms with Gasteiger partial charge in [-0.25, -0.2) is 4.68 Å². The van der Waals surface area contributed by atoms with E-state index in [2.05, 4.69) is 31.3 Å². The Bertz CT molecular complexity index is 1260. The lowest BCUT2D eigenvalue weighted by Crippen LogP contribution is -2.23. The molecule has 0 unspecified atom stereocenters. The van der Waals surface area contributed by atoms with Crippen LogP contribution < -0.4 is 10.1 Å². The Balaban J connectivity index is 1.58. The first kappa shape index (κ1) is 22.5. The van der Waals surface area contributed by atoms with Crippen LogP contribution in [-0.2, 0) is 17.8 Å². The standard InChI is InChI=1S/C27H30N4O2/c1-5-33-27-23(15-16-24(32)28-17-21-13-11-18(2)12-14-21)19(3)25-20(4)30-31(26(25)29-27)22-9-7-6-8-10-22/h6-14H,5,15-17H2,1-4H3,(H,28,32). The molecule has 0 saturated heterocycles. The highest BCUT2D eigenvalue weighted by Crippen LogP contribution is 2.32. The molecule has 1 amide bonds. The number of aryl methyl sites for hydroxylation is 3. The number of aromatic nitrogens is 3. The van der Waals surface area contributed by atoms with E-state index in [1.807, 2.05) is 61.0 Å². The van der Waals surface area contributed by atoms with Crippen LogP contribution in [0.4, 0.5) is 0 Å². The van der Waals surface area contributed by atoms with Crippen LogP contribution in [0.15, 0.2) is 54.6 Å². The lowest BCUT2D eigenvalue weighted by atomic mass is 10.0. The molecule has 0 saturated carbocycles. The van der Waals surface area contributed by atoms with Gasteiger partial charge < -0.3 is 10.1 Å². The predicted molar refractivity (Wildman–Crippen MR) is 131 cm³/mol. The van der Waals surface area contributed by atoms with Crippen LogP contribution in [0.3, 0.4) is 0 Å². The summed E-state index contributed by atoms with van der Waals surface area (Å²) in [7, 11) is 0. The predicted octanol–water partition coefficient (Wildman–Crippen LogP) is 4.99. The average molecular weight is 443 g/mol. The highest BCUT2D eigenvalue weighted by Gasteiger charge is 2.20. The highest BCUT2D eigenvalue weighted by atomic mass is 16.5. The van der Waals surface area contributed by atoms with E-state index in [0.717, 1.165) is 39.1 Å². The molecule has 0 aliphatic carbocycles. The molecule has 0 radical (unpaired) electrons. The Hall–Kier alpha value is -3.67. The van der Waals surface area contributed by atoms with Crippen molar-refractivity contribution in [3.05, 3.63) is 82.5 Å². The number of carbonyl (C=O) groups is 1. The van der Waals surface area contributed by atoms with Gasteiger partial charge in [-0.15, -0.1) is 0 Å². The molecule has 0 bridgehead atoms. The maximum atomic E-state index is 12.6. The van der Waals surface area contributed by atoms with Gasteiger partial charge in [-0.3, -0.25) is 4.79 Å². The summed E-state index contributed by atoms with van der Waals surface area (Å²) in [5.74, 6) is 0.583. The van der Waals surface area contributed by atoms with Gasteiger partial charge in [-0.1, -0.05) is 48.0 Å². The number of para-hydroxylation sites is 1. The Morgan fingerprint density at radius 2 is 1.76 bits per heavy atom. The van der Waals surface area contributed by atoms with Crippen LogP contribution >= 0.6 is 0 Å². The fourth-order valence-electron chi connectivity index (χ4n) is 4.07. The largest absolute Gasteiger partial charge is 0.478 e. The first-order valence-electron chi connectivity index (χ1n) is 11.4. The third-order valence-electron chi connectivity index (χ3n) is 5.82. The zero-order chi connectivity index (χ0) is 23.4. The second-order valence-corrected chi connectivity index (χ2v) is 8.25. The highest BCUT2D eigenvalue weighted by molar-refractivity contribution is 5.86. The number of rotatable bonds is 8. The number of hydrogen-bond donors (Lipinski definition) is 1. The van der Waals surface area contributed by atoms with Crippen LogP contribution in [0.5, 0.6) is 5.88 Å². The van der Waals surface area contributed by atoms with Crippen molar-refractivity contribution >= 4 is 16.9 Å². The molecule has 0 atom stereocenters. The van der Waals surface area contributed by atoms with Crippen LogP contribution in [-0.4, -0.2) is 27.3 Å². The molecular weight excluding hydrogens is 412 g/mol. The van der Waals surface area contributed by atoms with Gasteiger partial charge in [-0.05, 0) is 57.4 Å². The third kappa shape index (κ3) is 4.90. The van der Waals surface area contributed by atoms with Crippen LogP contribution in [0, 0.1) is 20.8 Å². The van der Waals surface area contributed by atoms with Crippen molar-refractivity contribution in [1.82, 2.24) is 20.1 Å². The Morgan fingerprint density at radius 3 is 2.45 bits per heavy atom. The molecule has 2 aromatic carbocycles. The maximum Gasteiger partial charge on any atom is 0.220 e. The lowest BCUT2D eigenvalue weighted by molar-refractivity contribution is -0.121. The van der Waals surface area contributed by atoms with Gasteiger partial charge >= 0.3 is 0 Å². The van der Waals surface area contributed by atoms with Gasteiger partial charge in [0.25, 0.3) is 0 Å². The minimum Gasteiger partial charge on any atom is -0.478 e. The zero-order valence-electron chi connectivity index (χ0n) is 19.7. The summed E-state index contributed by atoms with van der Waals surface area (Å²) in [6.07, 6.45) is 0.922. The Kier molecular flexibility index (Phi) is 6.73. The molecule has 33 heavy (non-hydrogen) atoms. The molecule has 0 spiro atoms. The van der Waals surface area contributed by atoms with Crippen molar-refractivity contribution in [3.8, 4) is 11.6 Å². The molecule has 6 heteroatoms. The number of amides is 1. The molecule has 0 aliphatic heterocycles. The second-order valence-electron chi connectivity index (χ2n) is 8.25. The molecule has 0 aliphatic rings. The normalized spacial score (nSPS) is 11.0. The summed E-state index contributed by atoms with van der Waals surface area (Å²) in [5, 5.41) is 8.78. The summed E-state index contributed by atoms with van der Waals surface area (Å²) in [4.78, 5) is 17.4. The van der Waals surface area contributed by atoms with Crippen molar-refractivity contribution in [2.45, 2.75) is 47.1 Å². The Morgan fingerprint density at radius 1 is 1.03 bits per heavy atom. The second kappa shape index (κ2) is 9.86. The van der Waals surface area contributed by atoms with E-state index in [0.29, 0.717) is 31.9 Å². The van der Waals surface area contributed by atoms with E-state index >= 15 is 0 Å². The fraction of sp³-hybridized carbons (Fsp3) is 0.296. The van der Waals surface area contributed by atoms with Crippen molar-refractivity contribution in [2.75, 3.05) is 6.61 Å². The molecule has 170 valence electrons. The topological polar surface area (TPSA) is 69.0 Å². The molecule has 4 rings (SSSR count). The summed E-state index contributed by atoms with van der Waals surface area (Å²) in [6.45, 7) is 9.08. The van der Waals surface area contributed by atoms with Gasteiger partial charge in [-0.2, -0.15) is 10.1 Å². The number of carbonyl (C=O) groups excluding carboxylic acids is 1. The first-order chi connectivity index (χ1) is 16.0. The van der Waals surface area contributed by atoms with Gasteiger partial charge in [0.1, 0.15) is 0 Å². The van der Waals surface area contributed by atoms with E-state index in [-0.39, 0.29) is 5.91 Å². The monoisotopic (exact) mass is 442 g/mol. The van der Waals surface area contributed by atoms with Crippen molar-refractivity contribution in [2.24, 2.45) is 0 Å². The Labute approximate surface area is 194 Å². The molecule has 4 aromatic rings.